The summed E-state index contributed by atoms with van der Waals surface area (Å²) in [5.74, 6) is -1.25. The molecule has 0 aliphatic carbocycles. The highest BCUT2D eigenvalue weighted by Gasteiger charge is 2.33. The number of carbonyl (C=O) groups is 2. The number of rotatable bonds is 7. The van der Waals surface area contributed by atoms with Crippen LogP contribution in [0.4, 0.5) is 17.1 Å². The number of amidine groups is 1. The topological polar surface area (TPSA) is 157 Å². The van der Waals surface area contributed by atoms with Gasteiger partial charge < -0.3 is 4.74 Å². The van der Waals surface area contributed by atoms with Crippen molar-refractivity contribution < 1.29 is 24.2 Å². The summed E-state index contributed by atoms with van der Waals surface area (Å²) in [6, 6.07) is 3.00. The van der Waals surface area contributed by atoms with Crippen molar-refractivity contribution >= 4 is 45.9 Å². The SMILES string of the molecule is C=CCN1C(=O)/C(=C/C(=O)OC)S/C1=N\Nc1ccc([N+](=O)[O-])cc1[N+](=O)[O-]. The first kappa shape index (κ1) is 20.6. The Bertz CT molecular complexity index is 927. The molecule has 1 aromatic rings. The molecule has 0 atom stereocenters. The van der Waals surface area contributed by atoms with Gasteiger partial charge in [-0.25, -0.2) is 4.79 Å². The molecule has 28 heavy (non-hydrogen) atoms. The molecule has 0 bridgehead atoms. The van der Waals surface area contributed by atoms with E-state index in [2.05, 4.69) is 21.8 Å². The van der Waals surface area contributed by atoms with Crippen molar-refractivity contribution in [2.75, 3.05) is 19.1 Å². The smallest absolute Gasteiger partial charge is 0.331 e. The standard InChI is InChI=1S/C15H13N5O7S/c1-3-6-18-14(22)12(8-13(21)27-2)28-15(18)17-16-10-5-4-9(19(23)24)7-11(10)20(25)26/h3-5,7-8,16H,1,6H2,2H3/b12-8-,17-15-. The van der Waals surface area contributed by atoms with Gasteiger partial charge in [-0.3, -0.25) is 35.3 Å². The van der Waals surface area contributed by atoms with Crippen LogP contribution in [0.25, 0.3) is 0 Å². The van der Waals surface area contributed by atoms with Gasteiger partial charge in [0.25, 0.3) is 11.6 Å². The van der Waals surface area contributed by atoms with Crippen LogP contribution in [0.5, 0.6) is 0 Å². The second-order valence-corrected chi connectivity index (χ2v) is 6.07. The molecule has 1 heterocycles. The van der Waals surface area contributed by atoms with Crippen LogP contribution in [0, 0.1) is 20.2 Å². The molecule has 1 aliphatic heterocycles. The van der Waals surface area contributed by atoms with E-state index >= 15 is 0 Å². The second kappa shape index (κ2) is 8.77. The van der Waals surface area contributed by atoms with Crippen LogP contribution in [0.15, 0.2) is 46.9 Å². The van der Waals surface area contributed by atoms with Crippen molar-refractivity contribution in [2.45, 2.75) is 0 Å². The first-order chi connectivity index (χ1) is 13.3. The fraction of sp³-hybridized carbons (Fsp3) is 0.133. The first-order valence-electron chi connectivity index (χ1n) is 7.45. The molecule has 2 rings (SSSR count). The Morgan fingerprint density at radius 3 is 2.68 bits per heavy atom. The van der Waals surface area contributed by atoms with Gasteiger partial charge in [0, 0.05) is 18.7 Å². The van der Waals surface area contributed by atoms with Gasteiger partial charge in [-0.1, -0.05) is 6.08 Å². The van der Waals surface area contributed by atoms with Crippen molar-refractivity contribution in [3.63, 3.8) is 0 Å². The highest BCUT2D eigenvalue weighted by Crippen LogP contribution is 2.32. The summed E-state index contributed by atoms with van der Waals surface area (Å²) in [6.45, 7) is 3.61. The molecule has 1 amide bonds. The Morgan fingerprint density at radius 1 is 1.39 bits per heavy atom. The number of esters is 1. The van der Waals surface area contributed by atoms with Crippen molar-refractivity contribution in [1.29, 1.82) is 0 Å². The lowest BCUT2D eigenvalue weighted by Gasteiger charge is -2.12. The van der Waals surface area contributed by atoms with E-state index < -0.39 is 33.1 Å². The van der Waals surface area contributed by atoms with Crippen molar-refractivity contribution in [3.8, 4) is 0 Å². The van der Waals surface area contributed by atoms with Gasteiger partial charge in [-0.2, -0.15) is 0 Å². The molecule has 13 heteroatoms. The summed E-state index contributed by atoms with van der Waals surface area (Å²) < 4.78 is 4.49. The number of nitrogens with one attached hydrogen (secondary N) is 1. The number of amides is 1. The molecule has 1 aromatic carbocycles. The van der Waals surface area contributed by atoms with Gasteiger partial charge in [0.2, 0.25) is 0 Å². The average Bonchev–Trinajstić information content (AvgIpc) is 2.95. The van der Waals surface area contributed by atoms with Crippen LogP contribution < -0.4 is 5.43 Å². The Hall–Kier alpha value is -3.74. The summed E-state index contributed by atoms with van der Waals surface area (Å²) in [4.78, 5) is 45.4. The Kier molecular flexibility index (Phi) is 6.44. The summed E-state index contributed by atoms with van der Waals surface area (Å²) in [5.41, 5.74) is 1.31. The van der Waals surface area contributed by atoms with Crippen LogP contribution in [0.2, 0.25) is 0 Å². The molecule has 12 nitrogen and oxygen atoms in total. The minimum atomic E-state index is -0.799. The Balaban J connectivity index is 2.36. The largest absolute Gasteiger partial charge is 0.466 e. The van der Waals surface area contributed by atoms with E-state index in [0.717, 1.165) is 43.1 Å². The first-order valence-corrected chi connectivity index (χ1v) is 8.27. The number of thioether (sulfide) groups is 1. The quantitative estimate of drug-likeness (QED) is 0.235. The molecule has 1 aliphatic rings. The average molecular weight is 407 g/mol. The number of ether oxygens (including phenoxy) is 1. The van der Waals surface area contributed by atoms with Gasteiger partial charge in [0.05, 0.1) is 27.9 Å². The van der Waals surface area contributed by atoms with Gasteiger partial charge in [-0.15, -0.1) is 11.7 Å². The minimum absolute atomic E-state index is 0.0486. The molecule has 146 valence electrons. The summed E-state index contributed by atoms with van der Waals surface area (Å²) in [6.07, 6.45) is 2.43. The van der Waals surface area contributed by atoms with Crippen LogP contribution in [-0.4, -0.2) is 45.4 Å². The number of hydrazone groups is 1. The molecule has 0 spiro atoms. The Labute approximate surface area is 161 Å². The van der Waals surface area contributed by atoms with E-state index in [9.17, 15) is 29.8 Å². The zero-order chi connectivity index (χ0) is 20.8. The molecule has 0 unspecified atom stereocenters. The number of methoxy groups -OCH3 is 1. The zero-order valence-corrected chi connectivity index (χ0v) is 15.2. The number of carbonyl (C=O) groups excluding carboxylic acids is 2. The normalized spacial score (nSPS) is 16.3. The second-order valence-electron chi connectivity index (χ2n) is 5.06. The maximum Gasteiger partial charge on any atom is 0.331 e. The number of hydrogen-bond acceptors (Lipinski definition) is 10. The number of nitrogens with zero attached hydrogens (tertiary/aromatic N) is 4. The molecule has 1 N–H and O–H groups in total. The van der Waals surface area contributed by atoms with Gasteiger partial charge in [0.1, 0.15) is 5.69 Å². The van der Waals surface area contributed by atoms with E-state index in [1.165, 1.54) is 11.0 Å². The maximum absolute atomic E-state index is 12.4. The maximum atomic E-state index is 12.4. The van der Waals surface area contributed by atoms with E-state index in [1.807, 2.05) is 0 Å². The molecule has 0 radical (unpaired) electrons. The van der Waals surface area contributed by atoms with Crippen LogP contribution in [0.1, 0.15) is 0 Å². The van der Waals surface area contributed by atoms with E-state index in [4.69, 9.17) is 0 Å². The lowest BCUT2D eigenvalue weighted by atomic mass is 10.2. The number of nitro benzene ring substituents is 2. The predicted molar refractivity (Wildman–Crippen MR) is 100 cm³/mol. The highest BCUT2D eigenvalue weighted by atomic mass is 32.2. The van der Waals surface area contributed by atoms with Crippen molar-refractivity contribution in [1.82, 2.24) is 4.90 Å². The van der Waals surface area contributed by atoms with E-state index in [0.29, 0.717) is 0 Å². The van der Waals surface area contributed by atoms with Gasteiger partial charge >= 0.3 is 11.7 Å². The zero-order valence-electron chi connectivity index (χ0n) is 14.4. The lowest BCUT2D eigenvalue weighted by molar-refractivity contribution is -0.393. The highest BCUT2D eigenvalue weighted by molar-refractivity contribution is 8.18. The molecule has 0 saturated carbocycles. The fourth-order valence-corrected chi connectivity index (χ4v) is 2.94. The molecule has 1 saturated heterocycles. The van der Waals surface area contributed by atoms with E-state index in [-0.39, 0.29) is 22.3 Å². The van der Waals surface area contributed by atoms with Crippen LogP contribution in [0.3, 0.4) is 0 Å². The third-order valence-electron chi connectivity index (χ3n) is 3.31. The van der Waals surface area contributed by atoms with Crippen molar-refractivity contribution in [3.05, 3.63) is 62.1 Å². The summed E-state index contributed by atoms with van der Waals surface area (Å²) >= 11 is 0.850. The number of nitro groups is 2. The van der Waals surface area contributed by atoms with Gasteiger partial charge in [-0.05, 0) is 17.8 Å². The van der Waals surface area contributed by atoms with Crippen molar-refractivity contribution in [2.24, 2.45) is 5.10 Å². The summed E-state index contributed by atoms with van der Waals surface area (Å²) in [5, 5.41) is 26.0. The minimum Gasteiger partial charge on any atom is -0.466 e. The van der Waals surface area contributed by atoms with Crippen LogP contribution >= 0.6 is 11.8 Å². The van der Waals surface area contributed by atoms with E-state index in [1.54, 1.807) is 0 Å². The lowest BCUT2D eigenvalue weighted by Crippen LogP contribution is -2.29. The molecule has 0 aromatic heterocycles. The number of hydrogen-bond donors (Lipinski definition) is 1. The molecular weight excluding hydrogens is 394 g/mol. The third kappa shape index (κ3) is 4.50. The molecule has 1 fully saturated rings. The monoisotopic (exact) mass is 407 g/mol. The van der Waals surface area contributed by atoms with Crippen LogP contribution in [-0.2, 0) is 14.3 Å². The molecular formula is C15H13N5O7S. The third-order valence-corrected chi connectivity index (χ3v) is 4.32. The Morgan fingerprint density at radius 2 is 2.11 bits per heavy atom. The number of anilines is 1. The summed E-state index contributed by atoms with van der Waals surface area (Å²) in [7, 11) is 1.16. The fourth-order valence-electron chi connectivity index (χ4n) is 2.03. The number of non-ortho nitro benzene ring substituents is 1. The van der Waals surface area contributed by atoms with Gasteiger partial charge in [0.15, 0.2) is 5.17 Å². The number of benzene rings is 1. The predicted octanol–water partition coefficient (Wildman–Crippen LogP) is 2.00.